The van der Waals surface area contributed by atoms with Crippen molar-refractivity contribution in [2.75, 3.05) is 26.2 Å². The molecule has 0 bridgehead atoms. The van der Waals surface area contributed by atoms with Crippen LogP contribution in [0.3, 0.4) is 0 Å². The molecule has 0 saturated carbocycles. The Morgan fingerprint density at radius 1 is 1.31 bits per heavy atom. The van der Waals surface area contributed by atoms with Crippen molar-refractivity contribution in [2.24, 2.45) is 17.6 Å². The van der Waals surface area contributed by atoms with Gasteiger partial charge in [-0.3, -0.25) is 4.79 Å². The van der Waals surface area contributed by atoms with Crippen LogP contribution in [0.2, 0.25) is 10.0 Å². The zero-order chi connectivity index (χ0) is 18.8. The van der Waals surface area contributed by atoms with Gasteiger partial charge < -0.3 is 25.8 Å². The standard InChI is InChI=1S/C17H21Cl2N3O4/c18-12-5-11(14(23)6-13(12)19)15(20)9-1-3-22(4-2-9)16(24)10-7-21-17(25)26-8-10/h5-6,9-10,15,23H,1-4,7-8,20H2,(H,21,25)/t10-,15-/m1/s1. The number of nitrogens with one attached hydrogen (secondary N) is 1. The summed E-state index contributed by atoms with van der Waals surface area (Å²) in [7, 11) is 0. The molecular formula is C17H21Cl2N3O4. The second-order valence-electron chi connectivity index (χ2n) is 6.69. The van der Waals surface area contributed by atoms with Crippen LogP contribution < -0.4 is 11.1 Å². The summed E-state index contributed by atoms with van der Waals surface area (Å²) in [4.78, 5) is 25.3. The minimum Gasteiger partial charge on any atom is -0.508 e. The highest BCUT2D eigenvalue weighted by atomic mass is 35.5. The first-order chi connectivity index (χ1) is 12.4. The number of benzene rings is 1. The minimum atomic E-state index is -0.486. The SMILES string of the molecule is N[C@@H](c1cc(Cl)c(Cl)cc1O)C1CCN(C(=O)[C@@H]2CNC(=O)OC2)CC1. The number of amides is 2. The third-order valence-electron chi connectivity index (χ3n) is 5.05. The van der Waals surface area contributed by atoms with Crippen LogP contribution in [0.1, 0.15) is 24.4 Å². The van der Waals surface area contributed by atoms with Crippen molar-refractivity contribution >= 4 is 35.2 Å². The van der Waals surface area contributed by atoms with Crippen LogP contribution in [0.4, 0.5) is 4.79 Å². The van der Waals surface area contributed by atoms with Crippen molar-refractivity contribution in [1.82, 2.24) is 10.2 Å². The van der Waals surface area contributed by atoms with Gasteiger partial charge in [0.1, 0.15) is 12.4 Å². The summed E-state index contributed by atoms with van der Waals surface area (Å²) in [5, 5.41) is 13.3. The molecule has 4 N–H and O–H groups in total. The monoisotopic (exact) mass is 401 g/mol. The van der Waals surface area contributed by atoms with E-state index in [2.05, 4.69) is 5.32 Å². The largest absolute Gasteiger partial charge is 0.508 e. The number of hydrogen-bond donors (Lipinski definition) is 3. The number of alkyl carbamates (subject to hydrolysis) is 1. The Hall–Kier alpha value is -1.70. The summed E-state index contributed by atoms with van der Waals surface area (Å²) in [6.45, 7) is 1.56. The van der Waals surface area contributed by atoms with Gasteiger partial charge in [0.25, 0.3) is 0 Å². The highest BCUT2D eigenvalue weighted by molar-refractivity contribution is 6.42. The van der Waals surface area contributed by atoms with Crippen LogP contribution in [0.5, 0.6) is 5.75 Å². The summed E-state index contributed by atoms with van der Waals surface area (Å²) >= 11 is 11.9. The summed E-state index contributed by atoms with van der Waals surface area (Å²) in [6.07, 6.45) is 0.944. The van der Waals surface area contributed by atoms with Gasteiger partial charge >= 0.3 is 6.09 Å². The molecule has 26 heavy (non-hydrogen) atoms. The van der Waals surface area contributed by atoms with Crippen molar-refractivity contribution in [3.8, 4) is 5.75 Å². The normalized spacial score (nSPS) is 22.5. The number of nitrogens with zero attached hydrogens (tertiary/aromatic N) is 1. The lowest BCUT2D eigenvalue weighted by molar-refractivity contribution is -0.138. The molecule has 0 aromatic heterocycles. The van der Waals surface area contributed by atoms with Gasteiger partial charge in [0.05, 0.1) is 16.0 Å². The van der Waals surface area contributed by atoms with Crippen LogP contribution in [0.15, 0.2) is 12.1 Å². The average Bonchev–Trinajstić information content (AvgIpc) is 2.64. The molecule has 0 unspecified atom stereocenters. The molecule has 2 amide bonds. The van der Waals surface area contributed by atoms with E-state index in [0.29, 0.717) is 43.1 Å². The summed E-state index contributed by atoms with van der Waals surface area (Å²) in [6, 6.07) is 2.61. The van der Waals surface area contributed by atoms with Crippen molar-refractivity contribution in [2.45, 2.75) is 18.9 Å². The van der Waals surface area contributed by atoms with E-state index < -0.39 is 6.09 Å². The number of rotatable bonds is 3. The molecule has 2 heterocycles. The maximum Gasteiger partial charge on any atom is 0.407 e. The first kappa shape index (κ1) is 19.1. The molecule has 7 nitrogen and oxygen atoms in total. The fourth-order valence-corrected chi connectivity index (χ4v) is 3.79. The number of likely N-dealkylation sites (tertiary alicyclic amines) is 1. The zero-order valence-electron chi connectivity index (χ0n) is 14.1. The maximum absolute atomic E-state index is 12.5. The number of carbonyl (C=O) groups excluding carboxylic acids is 2. The Morgan fingerprint density at radius 3 is 2.58 bits per heavy atom. The van der Waals surface area contributed by atoms with Gasteiger partial charge in [0, 0.05) is 37.3 Å². The Bertz CT molecular complexity index is 697. The number of hydrogen-bond acceptors (Lipinski definition) is 5. The average molecular weight is 402 g/mol. The second kappa shape index (κ2) is 7.90. The number of cyclic esters (lactones) is 1. The number of halogens is 2. The lowest BCUT2D eigenvalue weighted by Crippen LogP contribution is -2.50. The lowest BCUT2D eigenvalue weighted by atomic mass is 9.85. The number of nitrogens with two attached hydrogens (primary N) is 1. The Labute approximate surface area is 161 Å². The quantitative estimate of drug-likeness (QED) is 0.720. The van der Waals surface area contributed by atoms with E-state index in [1.165, 1.54) is 6.07 Å². The maximum atomic E-state index is 12.5. The summed E-state index contributed by atoms with van der Waals surface area (Å²) in [5.74, 6) is -0.226. The number of ether oxygens (including phenoxy) is 1. The van der Waals surface area contributed by atoms with Crippen molar-refractivity contribution in [3.05, 3.63) is 27.7 Å². The van der Waals surface area contributed by atoms with Gasteiger partial charge in [-0.15, -0.1) is 0 Å². The van der Waals surface area contributed by atoms with Crippen LogP contribution in [-0.4, -0.2) is 48.2 Å². The first-order valence-corrected chi connectivity index (χ1v) is 9.25. The van der Waals surface area contributed by atoms with Crippen molar-refractivity contribution in [1.29, 1.82) is 0 Å². The smallest absolute Gasteiger partial charge is 0.407 e. The number of phenolic OH excluding ortho intramolecular Hbond substituents is 1. The molecule has 1 aromatic carbocycles. The molecule has 0 spiro atoms. The van der Waals surface area contributed by atoms with Gasteiger partial charge in [0.15, 0.2) is 0 Å². The topological polar surface area (TPSA) is 105 Å². The van der Waals surface area contributed by atoms with Gasteiger partial charge in [0.2, 0.25) is 5.91 Å². The fraction of sp³-hybridized carbons (Fsp3) is 0.529. The summed E-state index contributed by atoms with van der Waals surface area (Å²) in [5.41, 5.74) is 6.90. The molecule has 9 heteroatoms. The third kappa shape index (κ3) is 4.00. The fourth-order valence-electron chi connectivity index (χ4n) is 3.46. The van der Waals surface area contributed by atoms with Crippen LogP contribution in [0, 0.1) is 11.8 Å². The van der Waals surface area contributed by atoms with Crippen LogP contribution in [-0.2, 0) is 9.53 Å². The van der Waals surface area contributed by atoms with Gasteiger partial charge in [-0.2, -0.15) is 0 Å². The van der Waals surface area contributed by atoms with Gasteiger partial charge in [-0.05, 0) is 24.8 Å². The lowest BCUT2D eigenvalue weighted by Gasteiger charge is -2.37. The summed E-state index contributed by atoms with van der Waals surface area (Å²) < 4.78 is 4.89. The molecule has 2 atom stereocenters. The minimum absolute atomic E-state index is 0.0191. The van der Waals surface area contributed by atoms with Gasteiger partial charge in [-0.1, -0.05) is 23.2 Å². The third-order valence-corrected chi connectivity index (χ3v) is 5.77. The van der Waals surface area contributed by atoms with Crippen LogP contribution in [0.25, 0.3) is 0 Å². The molecule has 2 aliphatic heterocycles. The zero-order valence-corrected chi connectivity index (χ0v) is 15.6. The number of aromatic hydroxyl groups is 1. The molecule has 0 aliphatic carbocycles. The number of phenols is 1. The number of carbonyl (C=O) groups is 2. The molecule has 142 valence electrons. The van der Waals surface area contributed by atoms with E-state index in [1.807, 2.05) is 0 Å². The Morgan fingerprint density at radius 2 is 1.96 bits per heavy atom. The molecular weight excluding hydrogens is 381 g/mol. The van der Waals surface area contributed by atoms with Crippen molar-refractivity contribution < 1.29 is 19.4 Å². The predicted octanol–water partition coefficient (Wildman–Crippen LogP) is 2.29. The van der Waals surface area contributed by atoms with E-state index in [1.54, 1.807) is 11.0 Å². The van der Waals surface area contributed by atoms with E-state index in [0.717, 1.165) is 0 Å². The Kier molecular flexibility index (Phi) is 5.79. The highest BCUT2D eigenvalue weighted by Crippen LogP contribution is 2.37. The molecule has 2 fully saturated rings. The molecule has 3 rings (SSSR count). The Balaban J connectivity index is 1.59. The molecule has 2 saturated heterocycles. The van der Waals surface area contributed by atoms with Gasteiger partial charge in [-0.25, -0.2) is 4.79 Å². The highest BCUT2D eigenvalue weighted by Gasteiger charge is 2.33. The predicted molar refractivity (Wildman–Crippen MR) is 97.2 cm³/mol. The molecule has 1 aromatic rings. The van der Waals surface area contributed by atoms with E-state index in [4.69, 9.17) is 33.7 Å². The van der Waals surface area contributed by atoms with E-state index in [9.17, 15) is 14.7 Å². The molecule has 0 radical (unpaired) electrons. The van der Waals surface area contributed by atoms with E-state index >= 15 is 0 Å². The van der Waals surface area contributed by atoms with E-state index in [-0.39, 0.29) is 41.2 Å². The van der Waals surface area contributed by atoms with Crippen LogP contribution >= 0.6 is 23.2 Å². The van der Waals surface area contributed by atoms with Crippen molar-refractivity contribution in [3.63, 3.8) is 0 Å². The number of piperidine rings is 1. The molecule has 2 aliphatic rings. The second-order valence-corrected chi connectivity index (χ2v) is 7.50. The first-order valence-electron chi connectivity index (χ1n) is 8.49.